The third-order valence-electron chi connectivity index (χ3n) is 4.02. The van der Waals surface area contributed by atoms with Crippen molar-refractivity contribution in [1.29, 1.82) is 0 Å². The zero-order valence-electron chi connectivity index (χ0n) is 14.3. The first-order valence-corrected chi connectivity index (χ1v) is 8.19. The highest BCUT2D eigenvalue weighted by Crippen LogP contribution is 2.29. The Hall–Kier alpha value is -3.08. The van der Waals surface area contributed by atoms with Crippen molar-refractivity contribution in [3.63, 3.8) is 0 Å². The van der Waals surface area contributed by atoms with Crippen molar-refractivity contribution in [3.8, 4) is 17.0 Å². The van der Waals surface area contributed by atoms with Crippen LogP contribution in [-0.4, -0.2) is 22.3 Å². The largest absolute Gasteiger partial charge is 0.483 e. The molecule has 1 unspecified atom stereocenters. The van der Waals surface area contributed by atoms with Gasteiger partial charge in [0, 0.05) is 18.8 Å². The number of benzene rings is 2. The molecule has 5 nitrogen and oxygen atoms in total. The fourth-order valence-corrected chi connectivity index (χ4v) is 2.69. The van der Waals surface area contributed by atoms with Gasteiger partial charge in [-0.2, -0.15) is 5.10 Å². The first-order valence-electron chi connectivity index (χ1n) is 8.19. The molecule has 1 aromatic heterocycles. The van der Waals surface area contributed by atoms with Gasteiger partial charge in [-0.25, -0.2) is 0 Å². The second-order valence-electron chi connectivity index (χ2n) is 5.82. The molecule has 1 heterocycles. The summed E-state index contributed by atoms with van der Waals surface area (Å²) in [4.78, 5) is 12.2. The lowest BCUT2D eigenvalue weighted by atomic mass is 10.1. The minimum atomic E-state index is -0.156. The van der Waals surface area contributed by atoms with Gasteiger partial charge < -0.3 is 10.1 Å². The Balaban J connectivity index is 1.64. The van der Waals surface area contributed by atoms with E-state index in [2.05, 4.69) is 10.4 Å². The number of amides is 1. The molecule has 1 amide bonds. The van der Waals surface area contributed by atoms with E-state index < -0.39 is 0 Å². The van der Waals surface area contributed by atoms with E-state index >= 15 is 0 Å². The molecule has 0 aliphatic heterocycles. The van der Waals surface area contributed by atoms with Crippen molar-refractivity contribution >= 4 is 5.91 Å². The van der Waals surface area contributed by atoms with Crippen LogP contribution in [0.2, 0.25) is 0 Å². The topological polar surface area (TPSA) is 56.1 Å². The second-order valence-corrected chi connectivity index (χ2v) is 5.82. The summed E-state index contributed by atoms with van der Waals surface area (Å²) in [6.07, 6.45) is 1.74. The van der Waals surface area contributed by atoms with Crippen molar-refractivity contribution in [1.82, 2.24) is 15.1 Å². The Morgan fingerprint density at radius 2 is 1.84 bits per heavy atom. The Labute approximate surface area is 147 Å². The molecule has 25 heavy (non-hydrogen) atoms. The van der Waals surface area contributed by atoms with Gasteiger partial charge in [0.05, 0.1) is 11.7 Å². The molecule has 0 bridgehead atoms. The average Bonchev–Trinajstić information content (AvgIpc) is 3.06. The number of rotatable bonds is 6. The summed E-state index contributed by atoms with van der Waals surface area (Å²) in [6, 6.07) is 19.3. The predicted molar refractivity (Wildman–Crippen MR) is 97.1 cm³/mol. The van der Waals surface area contributed by atoms with Crippen LogP contribution >= 0.6 is 0 Å². The van der Waals surface area contributed by atoms with E-state index in [0.29, 0.717) is 5.75 Å². The molecular weight excluding hydrogens is 314 g/mol. The zero-order chi connectivity index (χ0) is 17.6. The molecule has 1 atom stereocenters. The Morgan fingerprint density at radius 3 is 2.56 bits per heavy atom. The Kier molecular flexibility index (Phi) is 5.14. The smallest absolute Gasteiger partial charge is 0.258 e. The maximum absolute atomic E-state index is 12.2. The molecule has 1 N–H and O–H groups in total. The van der Waals surface area contributed by atoms with Crippen LogP contribution in [-0.2, 0) is 11.8 Å². The van der Waals surface area contributed by atoms with Gasteiger partial charge >= 0.3 is 0 Å². The van der Waals surface area contributed by atoms with Crippen molar-refractivity contribution in [3.05, 3.63) is 72.4 Å². The van der Waals surface area contributed by atoms with Crippen LogP contribution in [0.1, 0.15) is 18.5 Å². The summed E-state index contributed by atoms with van der Waals surface area (Å²) in [7, 11) is 1.88. The van der Waals surface area contributed by atoms with E-state index in [1.165, 1.54) is 0 Å². The second kappa shape index (κ2) is 7.66. The zero-order valence-corrected chi connectivity index (χ0v) is 14.3. The van der Waals surface area contributed by atoms with Gasteiger partial charge in [-0.15, -0.1) is 0 Å². The molecule has 3 rings (SSSR count). The summed E-state index contributed by atoms with van der Waals surface area (Å²) in [5, 5.41) is 7.13. The maximum Gasteiger partial charge on any atom is 0.258 e. The number of ether oxygens (including phenoxy) is 1. The number of para-hydroxylation sites is 1. The van der Waals surface area contributed by atoms with Crippen molar-refractivity contribution < 1.29 is 9.53 Å². The molecule has 0 radical (unpaired) electrons. The molecule has 0 saturated heterocycles. The van der Waals surface area contributed by atoms with Gasteiger partial charge in [0.1, 0.15) is 5.75 Å². The molecular formula is C20H21N3O2. The summed E-state index contributed by atoms with van der Waals surface area (Å²) in [5.74, 6) is 0.504. The molecule has 0 spiro atoms. The summed E-state index contributed by atoms with van der Waals surface area (Å²) < 4.78 is 7.54. The van der Waals surface area contributed by atoms with Gasteiger partial charge in [-0.3, -0.25) is 9.48 Å². The number of carbonyl (C=O) groups excluding carboxylic acids is 1. The van der Waals surface area contributed by atoms with Crippen molar-refractivity contribution in [2.75, 3.05) is 6.61 Å². The maximum atomic E-state index is 12.2. The SMILES string of the molecule is CC(NC(=O)COc1ccccc1-c1ccnn1C)c1ccccc1. The van der Waals surface area contributed by atoms with E-state index in [1.54, 1.807) is 10.9 Å². The van der Waals surface area contributed by atoms with Crippen LogP contribution in [0.15, 0.2) is 66.9 Å². The lowest BCUT2D eigenvalue weighted by Crippen LogP contribution is -2.31. The van der Waals surface area contributed by atoms with Crippen molar-refractivity contribution in [2.24, 2.45) is 7.05 Å². The van der Waals surface area contributed by atoms with Crippen LogP contribution in [0.5, 0.6) is 5.75 Å². The molecule has 128 valence electrons. The highest BCUT2D eigenvalue weighted by molar-refractivity contribution is 5.78. The highest BCUT2D eigenvalue weighted by Gasteiger charge is 2.13. The normalized spacial score (nSPS) is 11.8. The van der Waals surface area contributed by atoms with Crippen LogP contribution in [0.4, 0.5) is 0 Å². The third kappa shape index (κ3) is 4.07. The summed E-state index contributed by atoms with van der Waals surface area (Å²) >= 11 is 0. The number of nitrogens with zero attached hydrogens (tertiary/aromatic N) is 2. The van der Waals surface area contributed by atoms with E-state index in [9.17, 15) is 4.79 Å². The highest BCUT2D eigenvalue weighted by atomic mass is 16.5. The quantitative estimate of drug-likeness (QED) is 0.752. The minimum Gasteiger partial charge on any atom is -0.483 e. The average molecular weight is 335 g/mol. The first-order chi connectivity index (χ1) is 12.1. The number of aryl methyl sites for hydroxylation is 1. The third-order valence-corrected chi connectivity index (χ3v) is 4.02. The number of hydrogen-bond acceptors (Lipinski definition) is 3. The molecule has 3 aromatic rings. The van der Waals surface area contributed by atoms with E-state index in [1.807, 2.05) is 74.6 Å². The number of carbonyl (C=O) groups is 1. The van der Waals surface area contributed by atoms with Gasteiger partial charge in [-0.1, -0.05) is 42.5 Å². The van der Waals surface area contributed by atoms with Gasteiger partial charge in [-0.05, 0) is 30.7 Å². The molecule has 0 aliphatic rings. The lowest BCUT2D eigenvalue weighted by molar-refractivity contribution is -0.123. The van der Waals surface area contributed by atoms with Crippen LogP contribution in [0, 0.1) is 0 Å². The standard InChI is InChI=1S/C20H21N3O2/c1-15(16-8-4-3-5-9-16)22-20(24)14-25-19-11-7-6-10-17(19)18-12-13-21-23(18)2/h3-13,15H,14H2,1-2H3,(H,22,24). The molecule has 0 saturated carbocycles. The fourth-order valence-electron chi connectivity index (χ4n) is 2.69. The molecule has 2 aromatic carbocycles. The predicted octanol–water partition coefficient (Wildman–Crippen LogP) is 3.34. The number of aromatic nitrogens is 2. The van der Waals surface area contributed by atoms with Crippen LogP contribution in [0.25, 0.3) is 11.3 Å². The Morgan fingerprint density at radius 1 is 1.12 bits per heavy atom. The first kappa shape index (κ1) is 16.8. The fraction of sp³-hybridized carbons (Fsp3) is 0.200. The molecule has 0 fully saturated rings. The van der Waals surface area contributed by atoms with Crippen molar-refractivity contribution in [2.45, 2.75) is 13.0 Å². The van der Waals surface area contributed by atoms with Gasteiger partial charge in [0.2, 0.25) is 0 Å². The monoisotopic (exact) mass is 335 g/mol. The Bertz CT molecular complexity index is 843. The van der Waals surface area contributed by atoms with Crippen LogP contribution < -0.4 is 10.1 Å². The van der Waals surface area contributed by atoms with Crippen LogP contribution in [0.3, 0.4) is 0 Å². The number of nitrogens with one attached hydrogen (secondary N) is 1. The number of hydrogen-bond donors (Lipinski definition) is 1. The van der Waals surface area contributed by atoms with E-state index in [0.717, 1.165) is 16.8 Å². The van der Waals surface area contributed by atoms with E-state index in [4.69, 9.17) is 4.74 Å². The molecule has 0 aliphatic carbocycles. The summed E-state index contributed by atoms with van der Waals surface area (Å²) in [6.45, 7) is 1.92. The summed E-state index contributed by atoms with van der Waals surface area (Å²) in [5.41, 5.74) is 2.91. The molecule has 5 heteroatoms. The van der Waals surface area contributed by atoms with Gasteiger partial charge in [0.25, 0.3) is 5.91 Å². The van der Waals surface area contributed by atoms with E-state index in [-0.39, 0.29) is 18.6 Å². The lowest BCUT2D eigenvalue weighted by Gasteiger charge is -2.15. The minimum absolute atomic E-state index is 0.0357. The van der Waals surface area contributed by atoms with Gasteiger partial charge in [0.15, 0.2) is 6.61 Å².